The molecule has 1 aliphatic carbocycles. The Labute approximate surface area is 236 Å². The van der Waals surface area contributed by atoms with E-state index in [1.165, 1.54) is 45.7 Å². The molecule has 5 rings (SSSR count). The van der Waals surface area contributed by atoms with Gasteiger partial charge in [-0.25, -0.2) is 9.78 Å². The maximum atomic E-state index is 13.5. The minimum atomic E-state index is -0.468. The minimum absolute atomic E-state index is 0.0364. The van der Waals surface area contributed by atoms with Crippen molar-refractivity contribution in [2.24, 2.45) is 0 Å². The normalized spacial score (nSPS) is 13.2. The molecule has 38 heavy (non-hydrogen) atoms. The van der Waals surface area contributed by atoms with Crippen LogP contribution in [0.2, 0.25) is 0 Å². The summed E-state index contributed by atoms with van der Waals surface area (Å²) in [7, 11) is 0. The zero-order valence-electron chi connectivity index (χ0n) is 20.9. The van der Waals surface area contributed by atoms with Crippen LogP contribution >= 0.6 is 45.8 Å². The van der Waals surface area contributed by atoms with Crippen LogP contribution in [0.25, 0.3) is 20.7 Å². The number of esters is 1. The molecule has 0 saturated carbocycles. The van der Waals surface area contributed by atoms with Crippen molar-refractivity contribution in [2.45, 2.75) is 50.7 Å². The maximum absolute atomic E-state index is 13.5. The molecule has 4 aromatic rings. The number of thiophene rings is 3. The van der Waals surface area contributed by atoms with E-state index in [4.69, 9.17) is 9.72 Å². The second-order valence-corrected chi connectivity index (χ2v) is 12.6. The predicted octanol–water partition coefficient (Wildman–Crippen LogP) is 6.61. The summed E-state index contributed by atoms with van der Waals surface area (Å²) in [6.07, 6.45) is 6.96. The topological polar surface area (TPSA) is 90.3 Å². The molecule has 0 fully saturated rings. The van der Waals surface area contributed by atoms with Gasteiger partial charge in [-0.05, 0) is 49.6 Å². The Morgan fingerprint density at radius 2 is 2.11 bits per heavy atom. The maximum Gasteiger partial charge on any atom is 0.341 e. The molecule has 1 amide bonds. The lowest BCUT2D eigenvalue weighted by molar-refractivity contribution is -0.113. The molecule has 0 aromatic carbocycles. The van der Waals surface area contributed by atoms with Gasteiger partial charge in [0.25, 0.3) is 5.56 Å². The van der Waals surface area contributed by atoms with E-state index in [-0.39, 0.29) is 23.8 Å². The molecule has 0 saturated heterocycles. The molecule has 1 aliphatic rings. The Kier molecular flexibility index (Phi) is 8.47. The van der Waals surface area contributed by atoms with Crippen LogP contribution in [0.1, 0.15) is 47.0 Å². The van der Waals surface area contributed by atoms with Gasteiger partial charge in [-0.3, -0.25) is 14.2 Å². The number of thioether (sulfide) groups is 1. The number of fused-ring (bicyclic) bond motifs is 3. The second kappa shape index (κ2) is 12.0. The van der Waals surface area contributed by atoms with E-state index >= 15 is 0 Å². The summed E-state index contributed by atoms with van der Waals surface area (Å²) in [6.45, 7) is 6.12. The summed E-state index contributed by atoms with van der Waals surface area (Å²) in [5, 5.41) is 8.35. The number of carbonyl (C=O) groups is 2. The van der Waals surface area contributed by atoms with Crippen LogP contribution in [0, 0.1) is 0 Å². The van der Waals surface area contributed by atoms with Crippen molar-refractivity contribution < 1.29 is 14.3 Å². The van der Waals surface area contributed by atoms with Crippen molar-refractivity contribution in [3.8, 4) is 10.4 Å². The van der Waals surface area contributed by atoms with Crippen molar-refractivity contribution in [3.05, 3.63) is 61.9 Å². The van der Waals surface area contributed by atoms with E-state index < -0.39 is 5.97 Å². The van der Waals surface area contributed by atoms with Gasteiger partial charge in [0, 0.05) is 27.2 Å². The van der Waals surface area contributed by atoms with Crippen molar-refractivity contribution in [2.75, 3.05) is 17.7 Å². The van der Waals surface area contributed by atoms with Gasteiger partial charge in [0.15, 0.2) is 5.16 Å². The lowest BCUT2D eigenvalue weighted by Gasteiger charge is -2.11. The number of rotatable bonds is 9. The van der Waals surface area contributed by atoms with Gasteiger partial charge >= 0.3 is 5.97 Å². The zero-order chi connectivity index (χ0) is 26.6. The number of nitrogens with one attached hydrogen (secondary N) is 1. The Morgan fingerprint density at radius 3 is 2.87 bits per heavy atom. The van der Waals surface area contributed by atoms with Crippen LogP contribution in [0.4, 0.5) is 5.00 Å². The van der Waals surface area contributed by atoms with Gasteiger partial charge in [-0.2, -0.15) is 0 Å². The summed E-state index contributed by atoms with van der Waals surface area (Å²) in [5.41, 5.74) is 2.19. The summed E-state index contributed by atoms with van der Waals surface area (Å²) in [6, 6.07) is 3.85. The van der Waals surface area contributed by atoms with Crippen molar-refractivity contribution in [1.82, 2.24) is 9.55 Å². The Hall–Kier alpha value is -2.73. The number of nitrogens with zero attached hydrogens (tertiary/aromatic N) is 2. The van der Waals surface area contributed by atoms with Crippen molar-refractivity contribution >= 4 is 72.9 Å². The summed E-state index contributed by atoms with van der Waals surface area (Å²) in [4.78, 5) is 47.1. The molecule has 0 atom stereocenters. The third-order valence-electron chi connectivity index (χ3n) is 6.24. The SMILES string of the molecule is C=CCn1c(SCC(=O)Nc2scc(-c3cccs3)c2C(=O)OCC)nc2sc3c(c2c1=O)CCCCC3. The molecule has 7 nitrogen and oxygen atoms in total. The smallest absolute Gasteiger partial charge is 0.341 e. The fourth-order valence-electron chi connectivity index (χ4n) is 4.56. The summed E-state index contributed by atoms with van der Waals surface area (Å²) < 4.78 is 6.88. The highest BCUT2D eigenvalue weighted by Crippen LogP contribution is 2.38. The number of aromatic nitrogens is 2. The standard InChI is InChI=1S/C27H27N3O4S4/c1-3-12-30-25(32)21-16-9-6-5-7-10-19(16)38-24(21)29-27(30)37-15-20(31)28-23-22(26(33)34-4-2)17(14-36-23)18-11-8-13-35-18/h3,8,11,13-14H,1,4-7,9-10,12,15H2,2H3,(H,28,31). The fourth-order valence-corrected chi connectivity index (χ4v) is 8.46. The molecule has 0 radical (unpaired) electrons. The van der Waals surface area contributed by atoms with Gasteiger partial charge in [-0.15, -0.1) is 40.6 Å². The zero-order valence-corrected chi connectivity index (χ0v) is 24.2. The van der Waals surface area contributed by atoms with Crippen LogP contribution in [0.15, 0.2) is 45.5 Å². The minimum Gasteiger partial charge on any atom is -0.462 e. The number of carbonyl (C=O) groups excluding carboxylic acids is 2. The first-order valence-corrected chi connectivity index (χ1v) is 16.0. The molecule has 198 valence electrons. The average molecular weight is 586 g/mol. The molecule has 11 heteroatoms. The molecule has 1 N–H and O–H groups in total. The molecular weight excluding hydrogens is 559 g/mol. The number of ether oxygens (including phenoxy) is 1. The van der Waals surface area contributed by atoms with Gasteiger partial charge < -0.3 is 10.1 Å². The highest BCUT2D eigenvalue weighted by Gasteiger charge is 2.25. The molecule has 0 aliphatic heterocycles. The monoisotopic (exact) mass is 585 g/mol. The third kappa shape index (κ3) is 5.38. The quantitative estimate of drug-likeness (QED) is 0.0782. The average Bonchev–Trinajstić information content (AvgIpc) is 3.61. The first-order valence-electron chi connectivity index (χ1n) is 12.4. The van der Waals surface area contributed by atoms with Crippen LogP contribution in [0.5, 0.6) is 0 Å². The number of hydrogen-bond donors (Lipinski definition) is 1. The van der Waals surface area contributed by atoms with Gasteiger partial charge in [0.1, 0.15) is 15.4 Å². The first-order chi connectivity index (χ1) is 18.5. The van der Waals surface area contributed by atoms with E-state index in [2.05, 4.69) is 11.9 Å². The molecule has 4 aromatic heterocycles. The predicted molar refractivity (Wildman–Crippen MR) is 158 cm³/mol. The van der Waals surface area contributed by atoms with Crippen LogP contribution < -0.4 is 10.9 Å². The highest BCUT2D eigenvalue weighted by molar-refractivity contribution is 7.99. The number of allylic oxidation sites excluding steroid dienone is 1. The van der Waals surface area contributed by atoms with E-state index in [9.17, 15) is 14.4 Å². The summed E-state index contributed by atoms with van der Waals surface area (Å²) >= 11 is 5.63. The Bertz CT molecular complexity index is 1550. The van der Waals surface area contributed by atoms with Crippen molar-refractivity contribution in [3.63, 3.8) is 0 Å². The molecular formula is C27H27N3O4S4. The van der Waals surface area contributed by atoms with Gasteiger partial charge in [-0.1, -0.05) is 30.3 Å². The number of amides is 1. The van der Waals surface area contributed by atoms with Gasteiger partial charge in [0.2, 0.25) is 5.91 Å². The molecule has 4 heterocycles. The van der Waals surface area contributed by atoms with Crippen molar-refractivity contribution in [1.29, 1.82) is 0 Å². The fraction of sp³-hybridized carbons (Fsp3) is 0.333. The lowest BCUT2D eigenvalue weighted by atomic mass is 10.1. The van der Waals surface area contributed by atoms with Gasteiger partial charge in [0.05, 0.1) is 17.7 Å². The third-order valence-corrected chi connectivity index (χ3v) is 10.2. The number of hydrogen-bond acceptors (Lipinski definition) is 9. The van der Waals surface area contributed by atoms with Crippen LogP contribution in [0.3, 0.4) is 0 Å². The lowest BCUT2D eigenvalue weighted by Crippen LogP contribution is -2.24. The Balaban J connectivity index is 1.39. The van der Waals surface area contributed by atoms with E-state index in [0.29, 0.717) is 22.3 Å². The van der Waals surface area contributed by atoms with Crippen LogP contribution in [-0.2, 0) is 28.9 Å². The van der Waals surface area contributed by atoms with E-state index in [1.807, 2.05) is 22.9 Å². The second-order valence-electron chi connectivity index (χ2n) is 8.73. The van der Waals surface area contributed by atoms with Crippen LogP contribution in [-0.4, -0.2) is 33.8 Å². The van der Waals surface area contributed by atoms with E-state index in [1.54, 1.807) is 28.9 Å². The number of anilines is 1. The summed E-state index contributed by atoms with van der Waals surface area (Å²) in [5.74, 6) is -0.722. The Morgan fingerprint density at radius 1 is 1.26 bits per heavy atom. The highest BCUT2D eigenvalue weighted by atomic mass is 32.2. The first kappa shape index (κ1) is 26.9. The van der Waals surface area contributed by atoms with E-state index in [0.717, 1.165) is 51.9 Å². The molecule has 0 bridgehead atoms. The largest absolute Gasteiger partial charge is 0.462 e. The number of aryl methyl sites for hydroxylation is 2. The molecule has 0 spiro atoms. The molecule has 0 unspecified atom stereocenters.